The molecule has 0 aromatic carbocycles. The quantitative estimate of drug-likeness (QED) is 0.743. The molecule has 0 aliphatic carbocycles. The zero-order chi connectivity index (χ0) is 10.6. The van der Waals surface area contributed by atoms with Crippen LogP contribution in [0.1, 0.15) is 33.6 Å². The predicted molar refractivity (Wildman–Crippen MR) is 57.4 cm³/mol. The summed E-state index contributed by atoms with van der Waals surface area (Å²) in [4.78, 5) is 2.31. The molecule has 0 spiro atoms. The fourth-order valence-electron chi connectivity index (χ4n) is 1.92. The van der Waals surface area contributed by atoms with Crippen LogP contribution in [0.3, 0.4) is 0 Å². The van der Waals surface area contributed by atoms with Gasteiger partial charge >= 0.3 is 0 Å². The van der Waals surface area contributed by atoms with Crippen LogP contribution in [-0.4, -0.2) is 48.0 Å². The van der Waals surface area contributed by atoms with Crippen molar-refractivity contribution in [2.75, 3.05) is 26.2 Å². The van der Waals surface area contributed by atoms with Gasteiger partial charge in [-0.15, -0.1) is 0 Å². The van der Waals surface area contributed by atoms with Crippen molar-refractivity contribution in [1.29, 1.82) is 0 Å². The zero-order valence-corrected chi connectivity index (χ0v) is 9.62. The highest BCUT2D eigenvalue weighted by Gasteiger charge is 2.27. The second kappa shape index (κ2) is 5.10. The summed E-state index contributed by atoms with van der Waals surface area (Å²) in [6.45, 7) is 9.66. The highest BCUT2D eigenvalue weighted by atomic mass is 16.5. The summed E-state index contributed by atoms with van der Waals surface area (Å²) in [5, 5.41) is 10.2. The van der Waals surface area contributed by atoms with Gasteiger partial charge in [-0.3, -0.25) is 4.90 Å². The standard InChI is InChI=1S/C11H23NO2/c1-4-11(13,5-2)9-12-6-7-14-10(3)8-12/h10,13H,4-9H2,1-3H3. The van der Waals surface area contributed by atoms with Crippen LogP contribution in [-0.2, 0) is 4.74 Å². The van der Waals surface area contributed by atoms with E-state index < -0.39 is 5.60 Å². The van der Waals surface area contributed by atoms with E-state index in [1.54, 1.807) is 0 Å². The Labute approximate surface area is 87.1 Å². The van der Waals surface area contributed by atoms with Crippen molar-refractivity contribution in [2.45, 2.75) is 45.3 Å². The van der Waals surface area contributed by atoms with E-state index in [0.29, 0.717) is 6.10 Å². The first-order valence-corrected chi connectivity index (χ1v) is 5.66. The van der Waals surface area contributed by atoms with Crippen molar-refractivity contribution in [3.63, 3.8) is 0 Å². The van der Waals surface area contributed by atoms with Gasteiger partial charge in [-0.05, 0) is 19.8 Å². The predicted octanol–water partition coefficient (Wildman–Crippen LogP) is 1.26. The number of rotatable bonds is 4. The third-order valence-corrected chi connectivity index (χ3v) is 3.16. The van der Waals surface area contributed by atoms with Gasteiger partial charge in [0.1, 0.15) is 0 Å². The van der Waals surface area contributed by atoms with Crippen molar-refractivity contribution < 1.29 is 9.84 Å². The third-order valence-electron chi connectivity index (χ3n) is 3.16. The largest absolute Gasteiger partial charge is 0.389 e. The lowest BCUT2D eigenvalue weighted by Gasteiger charge is -2.37. The third kappa shape index (κ3) is 3.23. The van der Waals surface area contributed by atoms with Gasteiger partial charge in [-0.2, -0.15) is 0 Å². The molecule has 1 rings (SSSR count). The molecule has 0 radical (unpaired) electrons. The van der Waals surface area contributed by atoms with E-state index in [0.717, 1.165) is 39.1 Å². The minimum Gasteiger partial charge on any atom is -0.389 e. The maximum Gasteiger partial charge on any atom is 0.0768 e. The second-order valence-electron chi connectivity index (χ2n) is 4.35. The van der Waals surface area contributed by atoms with Crippen molar-refractivity contribution in [3.05, 3.63) is 0 Å². The minimum absolute atomic E-state index is 0.307. The first kappa shape index (κ1) is 12.0. The number of nitrogens with zero attached hydrogens (tertiary/aromatic N) is 1. The molecular weight excluding hydrogens is 178 g/mol. The van der Waals surface area contributed by atoms with E-state index in [9.17, 15) is 5.11 Å². The Morgan fingerprint density at radius 1 is 1.43 bits per heavy atom. The molecule has 84 valence electrons. The molecule has 1 atom stereocenters. The van der Waals surface area contributed by atoms with Crippen molar-refractivity contribution in [1.82, 2.24) is 4.90 Å². The summed E-state index contributed by atoms with van der Waals surface area (Å²) in [6, 6.07) is 0. The first-order chi connectivity index (χ1) is 6.59. The summed E-state index contributed by atoms with van der Waals surface area (Å²) >= 11 is 0. The Balaban J connectivity index is 2.41. The van der Waals surface area contributed by atoms with E-state index in [2.05, 4.69) is 11.8 Å². The van der Waals surface area contributed by atoms with E-state index in [1.165, 1.54) is 0 Å². The lowest BCUT2D eigenvalue weighted by atomic mass is 9.96. The molecule has 1 fully saturated rings. The molecule has 0 aromatic heterocycles. The fraction of sp³-hybridized carbons (Fsp3) is 1.00. The average Bonchev–Trinajstić information content (AvgIpc) is 2.18. The molecule has 0 saturated carbocycles. The number of β-amino-alcohol motifs (C(OH)–C–C–N with tert-alkyl or cyclic N) is 1. The monoisotopic (exact) mass is 201 g/mol. The summed E-state index contributed by atoms with van der Waals surface area (Å²) in [7, 11) is 0. The SMILES string of the molecule is CCC(O)(CC)CN1CCOC(C)C1. The molecule has 0 amide bonds. The van der Waals surface area contributed by atoms with Crippen LogP contribution < -0.4 is 0 Å². The normalized spacial score (nSPS) is 25.3. The summed E-state index contributed by atoms with van der Waals surface area (Å²) in [5.74, 6) is 0. The fourth-order valence-corrected chi connectivity index (χ4v) is 1.92. The van der Waals surface area contributed by atoms with E-state index >= 15 is 0 Å². The molecule has 1 unspecified atom stereocenters. The highest BCUT2D eigenvalue weighted by molar-refractivity contribution is 4.81. The van der Waals surface area contributed by atoms with Crippen LogP contribution in [0.25, 0.3) is 0 Å². The molecule has 1 heterocycles. The Morgan fingerprint density at radius 3 is 2.57 bits per heavy atom. The van der Waals surface area contributed by atoms with E-state index in [1.807, 2.05) is 13.8 Å². The Bertz CT molecular complexity index is 169. The average molecular weight is 201 g/mol. The van der Waals surface area contributed by atoms with Crippen LogP contribution in [0.15, 0.2) is 0 Å². The number of hydrogen-bond acceptors (Lipinski definition) is 3. The molecule has 3 heteroatoms. The number of hydrogen-bond donors (Lipinski definition) is 1. The Morgan fingerprint density at radius 2 is 2.07 bits per heavy atom. The molecule has 3 nitrogen and oxygen atoms in total. The lowest BCUT2D eigenvalue weighted by Crippen LogP contribution is -2.49. The van der Waals surface area contributed by atoms with Gasteiger partial charge in [0.05, 0.1) is 18.3 Å². The molecular formula is C11H23NO2. The number of morpholine rings is 1. The van der Waals surface area contributed by atoms with Crippen molar-refractivity contribution >= 4 is 0 Å². The molecule has 0 aromatic rings. The molecule has 1 saturated heterocycles. The Kier molecular flexibility index (Phi) is 4.35. The van der Waals surface area contributed by atoms with Gasteiger partial charge in [-0.1, -0.05) is 13.8 Å². The number of ether oxygens (including phenoxy) is 1. The van der Waals surface area contributed by atoms with Gasteiger partial charge < -0.3 is 9.84 Å². The summed E-state index contributed by atoms with van der Waals surface area (Å²) < 4.78 is 5.47. The molecule has 1 N–H and O–H groups in total. The van der Waals surface area contributed by atoms with Crippen LogP contribution in [0.4, 0.5) is 0 Å². The van der Waals surface area contributed by atoms with Crippen LogP contribution in [0.2, 0.25) is 0 Å². The molecule has 1 aliphatic rings. The van der Waals surface area contributed by atoms with Gasteiger partial charge in [0, 0.05) is 19.6 Å². The number of aliphatic hydroxyl groups is 1. The minimum atomic E-state index is -0.503. The topological polar surface area (TPSA) is 32.7 Å². The summed E-state index contributed by atoms with van der Waals surface area (Å²) in [6.07, 6.45) is 1.96. The maximum absolute atomic E-state index is 10.2. The van der Waals surface area contributed by atoms with Crippen molar-refractivity contribution in [2.24, 2.45) is 0 Å². The van der Waals surface area contributed by atoms with Gasteiger partial charge in [-0.25, -0.2) is 0 Å². The van der Waals surface area contributed by atoms with E-state index in [4.69, 9.17) is 4.74 Å². The zero-order valence-electron chi connectivity index (χ0n) is 9.62. The molecule has 1 aliphatic heterocycles. The van der Waals surface area contributed by atoms with Gasteiger partial charge in [0.15, 0.2) is 0 Å². The molecule has 0 bridgehead atoms. The summed E-state index contributed by atoms with van der Waals surface area (Å²) in [5.41, 5.74) is -0.503. The lowest BCUT2D eigenvalue weighted by molar-refractivity contribution is -0.0610. The highest BCUT2D eigenvalue weighted by Crippen LogP contribution is 2.18. The van der Waals surface area contributed by atoms with Crippen LogP contribution in [0.5, 0.6) is 0 Å². The van der Waals surface area contributed by atoms with Crippen LogP contribution >= 0.6 is 0 Å². The molecule has 14 heavy (non-hydrogen) atoms. The Hall–Kier alpha value is -0.120. The van der Waals surface area contributed by atoms with Crippen LogP contribution in [0, 0.1) is 0 Å². The first-order valence-electron chi connectivity index (χ1n) is 5.66. The maximum atomic E-state index is 10.2. The van der Waals surface area contributed by atoms with Gasteiger partial charge in [0.25, 0.3) is 0 Å². The van der Waals surface area contributed by atoms with Gasteiger partial charge in [0.2, 0.25) is 0 Å². The second-order valence-corrected chi connectivity index (χ2v) is 4.35. The van der Waals surface area contributed by atoms with E-state index in [-0.39, 0.29) is 0 Å². The smallest absolute Gasteiger partial charge is 0.0768 e. The van der Waals surface area contributed by atoms with Crippen molar-refractivity contribution in [3.8, 4) is 0 Å².